The minimum Gasteiger partial charge on any atom is -0.490 e. The number of benzene rings is 1. The van der Waals surface area contributed by atoms with E-state index in [4.69, 9.17) is 9.72 Å². The van der Waals surface area contributed by atoms with Gasteiger partial charge in [0.25, 0.3) is 0 Å². The van der Waals surface area contributed by atoms with Crippen LogP contribution < -0.4 is 9.64 Å². The van der Waals surface area contributed by atoms with Crippen molar-refractivity contribution in [1.29, 1.82) is 0 Å². The molecule has 0 amide bonds. The molecule has 3 aromatic rings. The van der Waals surface area contributed by atoms with E-state index in [1.807, 2.05) is 18.7 Å². The quantitative estimate of drug-likeness (QED) is 0.174. The molecule has 0 unspecified atom stereocenters. The fraction of sp³-hybridized carbons (Fsp3) is 0.615. The van der Waals surface area contributed by atoms with Gasteiger partial charge in [0.15, 0.2) is 11.9 Å². The zero-order valence-corrected chi connectivity index (χ0v) is 32.7. The number of ether oxygens (including phenoxy) is 1. The molecule has 6 rings (SSSR count). The number of aromatic nitrogens is 3. The number of pyridine rings is 1. The number of halogens is 8. The lowest BCUT2D eigenvalue weighted by atomic mass is 9.68. The monoisotopic (exact) mass is 822 g/mol. The number of anilines is 1. The number of hydrogen-bond donors (Lipinski definition) is 3. The molecular formula is C39H50Cl2F6N4O4. The molecule has 0 radical (unpaired) electrons. The summed E-state index contributed by atoms with van der Waals surface area (Å²) >= 11 is 0. The first-order chi connectivity index (χ1) is 24.9. The maximum absolute atomic E-state index is 17.3. The minimum absolute atomic E-state index is 0. The third kappa shape index (κ3) is 9.98. The average Bonchev–Trinajstić information content (AvgIpc) is 3.12. The van der Waals surface area contributed by atoms with Crippen LogP contribution in [0.25, 0.3) is 0 Å². The molecule has 1 saturated carbocycles. The van der Waals surface area contributed by atoms with Crippen LogP contribution in [0.4, 0.5) is 32.3 Å². The van der Waals surface area contributed by atoms with Crippen molar-refractivity contribution < 1.29 is 46.4 Å². The summed E-state index contributed by atoms with van der Waals surface area (Å²) in [6.07, 6.45) is -3.19. The second-order valence-electron chi connectivity index (χ2n) is 16.3. The van der Waals surface area contributed by atoms with Gasteiger partial charge in [-0.05, 0) is 73.1 Å². The number of alkyl halides is 6. The van der Waals surface area contributed by atoms with Crippen molar-refractivity contribution in [2.75, 3.05) is 37.8 Å². The van der Waals surface area contributed by atoms with Crippen LogP contribution in [0, 0.1) is 10.8 Å². The summed E-state index contributed by atoms with van der Waals surface area (Å²) in [5.41, 5.74) is 0.191. The summed E-state index contributed by atoms with van der Waals surface area (Å²) in [4.78, 5) is 16.0. The van der Waals surface area contributed by atoms with Crippen LogP contribution in [0.3, 0.4) is 0 Å². The highest BCUT2D eigenvalue weighted by Crippen LogP contribution is 2.52. The van der Waals surface area contributed by atoms with E-state index in [9.17, 15) is 37.3 Å². The number of fused-ring (bicyclic) bond motifs is 1. The van der Waals surface area contributed by atoms with Crippen molar-refractivity contribution in [3.63, 3.8) is 0 Å². The van der Waals surface area contributed by atoms with Crippen LogP contribution in [0.15, 0.2) is 36.7 Å². The molecule has 1 saturated heterocycles. The van der Waals surface area contributed by atoms with Gasteiger partial charge in [-0.2, -0.15) is 13.2 Å². The smallest absolute Gasteiger partial charge is 0.416 e. The molecule has 3 aliphatic rings. The van der Waals surface area contributed by atoms with E-state index in [-0.39, 0.29) is 92.8 Å². The number of hydrogen-bond acceptors (Lipinski definition) is 8. The third-order valence-corrected chi connectivity index (χ3v) is 11.2. The van der Waals surface area contributed by atoms with Crippen molar-refractivity contribution in [2.45, 2.75) is 108 Å². The molecular weight excluding hydrogens is 773 g/mol. The third-order valence-electron chi connectivity index (χ3n) is 11.2. The summed E-state index contributed by atoms with van der Waals surface area (Å²) in [6, 6.07) is 3.93. The maximum Gasteiger partial charge on any atom is 0.416 e. The first kappa shape index (κ1) is 44.8. The van der Waals surface area contributed by atoms with Gasteiger partial charge in [0, 0.05) is 54.1 Å². The summed E-state index contributed by atoms with van der Waals surface area (Å²) in [7, 11) is 0. The van der Waals surface area contributed by atoms with Crippen molar-refractivity contribution in [1.82, 2.24) is 15.0 Å². The zero-order valence-electron chi connectivity index (χ0n) is 31.1. The molecule has 8 nitrogen and oxygen atoms in total. The first-order valence-electron chi connectivity index (χ1n) is 18.3. The maximum atomic E-state index is 17.3. The second kappa shape index (κ2) is 17.3. The highest BCUT2D eigenvalue weighted by molar-refractivity contribution is 5.85. The molecule has 2 aliphatic carbocycles. The summed E-state index contributed by atoms with van der Waals surface area (Å²) in [5, 5.41) is 30.7. The molecule has 0 bridgehead atoms. The van der Waals surface area contributed by atoms with Gasteiger partial charge >= 0.3 is 6.18 Å². The van der Waals surface area contributed by atoms with Gasteiger partial charge < -0.3 is 25.0 Å². The Morgan fingerprint density at radius 3 is 2.04 bits per heavy atom. The largest absolute Gasteiger partial charge is 0.490 e. The molecule has 0 spiro atoms. The van der Waals surface area contributed by atoms with Crippen LogP contribution in [-0.4, -0.2) is 69.1 Å². The van der Waals surface area contributed by atoms with Crippen molar-refractivity contribution in [2.24, 2.45) is 10.8 Å². The molecule has 2 atom stereocenters. The lowest BCUT2D eigenvalue weighted by Gasteiger charge is -2.41. The van der Waals surface area contributed by atoms with E-state index < -0.39 is 41.3 Å². The molecule has 55 heavy (non-hydrogen) atoms. The van der Waals surface area contributed by atoms with Gasteiger partial charge in [-0.15, -0.1) is 24.8 Å². The predicted octanol–water partition coefficient (Wildman–Crippen LogP) is 8.85. The molecule has 2 fully saturated rings. The number of rotatable bonds is 10. The highest BCUT2D eigenvalue weighted by Gasteiger charge is 2.44. The molecule has 2 aromatic heterocycles. The number of aliphatic hydroxyl groups excluding tert-OH is 3. The van der Waals surface area contributed by atoms with E-state index in [0.717, 1.165) is 24.3 Å². The lowest BCUT2D eigenvalue weighted by molar-refractivity contribution is -0.137. The minimum atomic E-state index is -4.61. The molecule has 1 aliphatic heterocycles. The number of aliphatic hydroxyl groups is 3. The van der Waals surface area contributed by atoms with Gasteiger partial charge in [-0.25, -0.2) is 23.1 Å². The van der Waals surface area contributed by atoms with Crippen LogP contribution in [-0.2, 0) is 12.6 Å². The zero-order chi connectivity index (χ0) is 38.3. The molecule has 306 valence electrons. The van der Waals surface area contributed by atoms with Crippen LogP contribution in [0.5, 0.6) is 5.75 Å². The van der Waals surface area contributed by atoms with Crippen molar-refractivity contribution >= 4 is 30.8 Å². The fourth-order valence-corrected chi connectivity index (χ4v) is 8.01. The Morgan fingerprint density at radius 2 is 1.49 bits per heavy atom. The normalized spacial score (nSPS) is 20.9. The number of nitrogens with zero attached hydrogens (tertiary/aromatic N) is 4. The van der Waals surface area contributed by atoms with Crippen LogP contribution >= 0.6 is 24.8 Å². The Balaban J connectivity index is 0.00000336. The standard InChI is InChI=1S/C39H48F6N4O4.2ClH/c1-36(2)16-28-31(29(52)17-36)30(23-8-12-38(41,42)13-9-23)32(33(40)24-4-6-26(7-5-24)39(43,44)45)34(48-28)25-10-14-49(15-11-25)35-46-18-27(19-47-35)53-22-37(3,20-50)21-51;;/h4-7,18-19,23,25,29,33,50-52H,8-17,20-22H2,1-3H3;2*1H/t29-,33-;;/m0../s1. The van der Waals surface area contributed by atoms with E-state index >= 15 is 4.39 Å². The summed E-state index contributed by atoms with van der Waals surface area (Å²) in [6.45, 7) is 6.21. The van der Waals surface area contributed by atoms with Crippen molar-refractivity contribution in [3.8, 4) is 5.75 Å². The summed E-state index contributed by atoms with van der Waals surface area (Å²) in [5.74, 6) is -2.79. The summed E-state index contributed by atoms with van der Waals surface area (Å²) < 4.78 is 92.3. The van der Waals surface area contributed by atoms with Crippen LogP contribution in [0.2, 0.25) is 0 Å². The fourth-order valence-electron chi connectivity index (χ4n) is 8.01. The van der Waals surface area contributed by atoms with Gasteiger partial charge in [-0.1, -0.05) is 32.9 Å². The Morgan fingerprint density at radius 1 is 0.909 bits per heavy atom. The number of piperidine rings is 1. The van der Waals surface area contributed by atoms with E-state index in [2.05, 4.69) is 9.97 Å². The van der Waals surface area contributed by atoms with Gasteiger partial charge in [0.05, 0.1) is 49.6 Å². The van der Waals surface area contributed by atoms with Crippen molar-refractivity contribution in [3.05, 3.63) is 75.9 Å². The Hall–Kier alpha value is -2.91. The highest BCUT2D eigenvalue weighted by atomic mass is 35.5. The topological polar surface area (TPSA) is 112 Å². The van der Waals surface area contributed by atoms with Gasteiger partial charge in [0.1, 0.15) is 0 Å². The Labute approximate surface area is 330 Å². The molecule has 1 aromatic carbocycles. The van der Waals surface area contributed by atoms with Gasteiger partial charge in [0.2, 0.25) is 11.9 Å². The first-order valence-corrected chi connectivity index (χ1v) is 18.3. The Bertz CT molecular complexity index is 1730. The lowest BCUT2D eigenvalue weighted by Crippen LogP contribution is -2.36. The Kier molecular flexibility index (Phi) is 14.1. The van der Waals surface area contributed by atoms with E-state index in [1.54, 1.807) is 6.92 Å². The molecule has 3 N–H and O–H groups in total. The molecule has 3 heterocycles. The van der Waals surface area contributed by atoms with E-state index in [0.29, 0.717) is 73.0 Å². The predicted molar refractivity (Wildman–Crippen MR) is 200 cm³/mol. The SMILES string of the molecule is CC1(C)Cc2nc(C3CCN(c4ncc(OCC(C)(CO)CO)cn4)CC3)c([C@@H](F)c3ccc(C(F)(F)F)cc3)c(C3CCC(F)(F)CC3)c2[C@@H](O)C1.Cl.Cl. The van der Waals surface area contributed by atoms with Crippen LogP contribution in [0.1, 0.15) is 129 Å². The van der Waals surface area contributed by atoms with E-state index in [1.165, 1.54) is 12.4 Å². The molecule has 16 heteroatoms. The van der Waals surface area contributed by atoms with Gasteiger partial charge in [-0.3, -0.25) is 4.98 Å². The average molecular weight is 824 g/mol. The second-order valence-corrected chi connectivity index (χ2v) is 16.3.